The molecule has 5 heteroatoms. The van der Waals surface area contributed by atoms with Crippen molar-refractivity contribution >= 4 is 17.3 Å². The van der Waals surface area contributed by atoms with Gasteiger partial charge in [0.05, 0.1) is 13.1 Å². The summed E-state index contributed by atoms with van der Waals surface area (Å²) in [5, 5.41) is 10.6. The summed E-state index contributed by atoms with van der Waals surface area (Å²) in [4.78, 5) is 15.3. The van der Waals surface area contributed by atoms with Crippen LogP contribution in [0.5, 0.6) is 0 Å². The van der Waals surface area contributed by atoms with Crippen LogP contribution in [0.2, 0.25) is 0 Å². The maximum absolute atomic E-state index is 12.0. The highest BCUT2D eigenvalue weighted by Gasteiger charge is 2.35. The second-order valence-corrected chi connectivity index (χ2v) is 4.10. The highest BCUT2D eigenvalue weighted by Crippen LogP contribution is 2.24. The van der Waals surface area contributed by atoms with Gasteiger partial charge in [0, 0.05) is 12.1 Å². The molecule has 1 unspecified atom stereocenters. The Kier molecular flexibility index (Phi) is 2.88. The summed E-state index contributed by atoms with van der Waals surface area (Å²) in [7, 11) is 0. The average molecular weight is 228 g/mol. The van der Waals surface area contributed by atoms with Gasteiger partial charge in [-0.3, -0.25) is 4.79 Å². The van der Waals surface area contributed by atoms with Gasteiger partial charge in [-0.05, 0) is 19.1 Å². The molecule has 0 aliphatic carbocycles. The molecule has 1 heterocycles. The van der Waals surface area contributed by atoms with E-state index in [0.717, 1.165) is 0 Å². The number of amides is 1. The number of hydrogen-bond donors (Lipinski definition) is 1. The van der Waals surface area contributed by atoms with Crippen LogP contribution in [0.1, 0.15) is 13.3 Å². The summed E-state index contributed by atoms with van der Waals surface area (Å²) < 4.78 is 0. The van der Waals surface area contributed by atoms with Crippen LogP contribution in [-0.4, -0.2) is 18.0 Å². The van der Waals surface area contributed by atoms with Crippen molar-refractivity contribution < 1.29 is 4.79 Å². The number of carbonyl (C=O) groups excluding carboxylic acids is 1. The smallest absolute Gasteiger partial charge is 0.253 e. The van der Waals surface area contributed by atoms with Crippen molar-refractivity contribution in [3.63, 3.8) is 0 Å². The first kappa shape index (κ1) is 11.3. The van der Waals surface area contributed by atoms with Gasteiger partial charge in [-0.1, -0.05) is 12.1 Å². The number of benzene rings is 1. The summed E-state index contributed by atoms with van der Waals surface area (Å²) in [6, 6.07) is 6.75. The maximum Gasteiger partial charge on any atom is 0.253 e. The normalized spacial score (nSPS) is 22.1. The number of nitrogens with one attached hydrogen (secondary N) is 1. The SMILES string of the molecule is [C-]#[N+]c1ccc(NC(=O)C2(C)CCN=N2)cc1. The second kappa shape index (κ2) is 4.34. The Morgan fingerprint density at radius 3 is 2.71 bits per heavy atom. The average Bonchev–Trinajstić information content (AvgIpc) is 2.78. The van der Waals surface area contributed by atoms with E-state index >= 15 is 0 Å². The fourth-order valence-electron chi connectivity index (χ4n) is 1.57. The Balaban J connectivity index is 2.08. The molecule has 0 bridgehead atoms. The van der Waals surface area contributed by atoms with Crippen molar-refractivity contribution in [2.45, 2.75) is 18.9 Å². The minimum atomic E-state index is -0.752. The molecular weight excluding hydrogens is 216 g/mol. The summed E-state index contributed by atoms with van der Waals surface area (Å²) in [6.45, 7) is 9.20. The van der Waals surface area contributed by atoms with E-state index in [0.29, 0.717) is 24.3 Å². The molecule has 0 saturated carbocycles. The Bertz CT molecular complexity index is 500. The molecule has 1 N–H and O–H groups in total. The Labute approximate surface area is 99.4 Å². The fourth-order valence-corrected chi connectivity index (χ4v) is 1.57. The second-order valence-electron chi connectivity index (χ2n) is 4.10. The van der Waals surface area contributed by atoms with Gasteiger partial charge in [-0.25, -0.2) is 4.85 Å². The van der Waals surface area contributed by atoms with Crippen LogP contribution in [0.15, 0.2) is 34.5 Å². The lowest BCUT2D eigenvalue weighted by Crippen LogP contribution is -2.36. The standard InChI is InChI=1S/C12H12N4O/c1-12(7-8-14-16-12)11(17)15-10-5-3-9(13-2)4-6-10/h3-6H,7-8H2,1H3,(H,15,17). The molecule has 1 aliphatic heterocycles. The predicted molar refractivity (Wildman–Crippen MR) is 64.1 cm³/mol. The van der Waals surface area contributed by atoms with Crippen LogP contribution in [0.3, 0.4) is 0 Å². The van der Waals surface area contributed by atoms with Gasteiger partial charge in [-0.2, -0.15) is 10.2 Å². The number of hydrogen-bond acceptors (Lipinski definition) is 3. The molecule has 86 valence electrons. The van der Waals surface area contributed by atoms with E-state index in [4.69, 9.17) is 6.57 Å². The molecule has 0 saturated heterocycles. The van der Waals surface area contributed by atoms with Crippen LogP contribution < -0.4 is 5.32 Å². The molecule has 0 radical (unpaired) electrons. The molecule has 5 nitrogen and oxygen atoms in total. The number of rotatable bonds is 2. The Morgan fingerprint density at radius 2 is 2.18 bits per heavy atom. The summed E-state index contributed by atoms with van der Waals surface area (Å²) in [6.07, 6.45) is 0.638. The van der Waals surface area contributed by atoms with Gasteiger partial charge in [0.25, 0.3) is 5.91 Å². The first-order valence-corrected chi connectivity index (χ1v) is 5.32. The number of carbonyl (C=O) groups is 1. The Morgan fingerprint density at radius 1 is 1.47 bits per heavy atom. The maximum atomic E-state index is 12.0. The fraction of sp³-hybridized carbons (Fsp3) is 0.333. The van der Waals surface area contributed by atoms with Crippen LogP contribution in [0, 0.1) is 6.57 Å². The molecule has 0 spiro atoms. The predicted octanol–water partition coefficient (Wildman–Crippen LogP) is 2.79. The monoisotopic (exact) mass is 228 g/mol. The molecule has 1 amide bonds. The number of anilines is 1. The molecular formula is C12H12N4O. The Hall–Kier alpha value is -2.22. The first-order valence-electron chi connectivity index (χ1n) is 5.32. The van der Waals surface area contributed by atoms with Crippen molar-refractivity contribution in [3.8, 4) is 0 Å². The quantitative estimate of drug-likeness (QED) is 0.777. The van der Waals surface area contributed by atoms with Crippen LogP contribution in [0.25, 0.3) is 4.85 Å². The third-order valence-corrected chi connectivity index (χ3v) is 2.73. The molecule has 0 fully saturated rings. The molecule has 1 aromatic rings. The molecule has 2 rings (SSSR count). The van der Waals surface area contributed by atoms with Crippen LogP contribution in [0.4, 0.5) is 11.4 Å². The summed E-state index contributed by atoms with van der Waals surface area (Å²) in [5.74, 6) is -0.158. The van der Waals surface area contributed by atoms with Crippen molar-refractivity contribution in [2.75, 3.05) is 11.9 Å². The van der Waals surface area contributed by atoms with E-state index in [9.17, 15) is 4.79 Å². The van der Waals surface area contributed by atoms with Gasteiger partial charge in [0.15, 0.2) is 11.2 Å². The van der Waals surface area contributed by atoms with E-state index in [2.05, 4.69) is 20.4 Å². The molecule has 1 aromatic carbocycles. The van der Waals surface area contributed by atoms with E-state index < -0.39 is 5.54 Å². The zero-order valence-corrected chi connectivity index (χ0v) is 9.47. The first-order chi connectivity index (χ1) is 8.14. The van der Waals surface area contributed by atoms with E-state index in [1.807, 2.05) is 0 Å². The zero-order valence-electron chi connectivity index (χ0n) is 9.47. The van der Waals surface area contributed by atoms with Gasteiger partial charge < -0.3 is 5.32 Å². The molecule has 0 aromatic heterocycles. The lowest BCUT2D eigenvalue weighted by Gasteiger charge is -2.17. The van der Waals surface area contributed by atoms with Crippen LogP contribution >= 0.6 is 0 Å². The minimum Gasteiger partial charge on any atom is -0.324 e. The molecule has 1 atom stereocenters. The minimum absolute atomic E-state index is 0.158. The highest BCUT2D eigenvalue weighted by molar-refractivity contribution is 5.98. The third-order valence-electron chi connectivity index (χ3n) is 2.73. The van der Waals surface area contributed by atoms with E-state index in [1.165, 1.54) is 0 Å². The van der Waals surface area contributed by atoms with Crippen LogP contribution in [-0.2, 0) is 4.79 Å². The van der Waals surface area contributed by atoms with Gasteiger partial charge >= 0.3 is 0 Å². The zero-order chi connectivity index (χ0) is 12.3. The summed E-state index contributed by atoms with van der Waals surface area (Å²) in [5.41, 5.74) is 0.471. The van der Waals surface area contributed by atoms with Crippen molar-refractivity contribution in [1.29, 1.82) is 0 Å². The van der Waals surface area contributed by atoms with Gasteiger partial charge in [-0.15, -0.1) is 0 Å². The van der Waals surface area contributed by atoms with Crippen molar-refractivity contribution in [2.24, 2.45) is 10.2 Å². The highest BCUT2D eigenvalue weighted by atomic mass is 16.2. The lowest BCUT2D eigenvalue weighted by atomic mass is 9.99. The van der Waals surface area contributed by atoms with Gasteiger partial charge in [0.1, 0.15) is 0 Å². The number of azo groups is 1. The summed E-state index contributed by atoms with van der Waals surface area (Å²) >= 11 is 0. The lowest BCUT2D eigenvalue weighted by molar-refractivity contribution is -0.120. The number of nitrogens with zero attached hydrogens (tertiary/aromatic N) is 3. The third kappa shape index (κ3) is 2.31. The molecule has 1 aliphatic rings. The van der Waals surface area contributed by atoms with Crippen molar-refractivity contribution in [1.82, 2.24) is 0 Å². The largest absolute Gasteiger partial charge is 0.324 e. The van der Waals surface area contributed by atoms with E-state index in [-0.39, 0.29) is 5.91 Å². The van der Waals surface area contributed by atoms with Crippen molar-refractivity contribution in [3.05, 3.63) is 35.7 Å². The topological polar surface area (TPSA) is 58.2 Å². The van der Waals surface area contributed by atoms with Gasteiger partial charge in [0.2, 0.25) is 0 Å². The van der Waals surface area contributed by atoms with E-state index in [1.54, 1.807) is 31.2 Å². The molecule has 17 heavy (non-hydrogen) atoms.